The fourth-order valence-corrected chi connectivity index (χ4v) is 1.79. The van der Waals surface area contributed by atoms with E-state index < -0.39 is 0 Å². The van der Waals surface area contributed by atoms with Gasteiger partial charge in [0.25, 0.3) is 0 Å². The Hall–Kier alpha value is -2.30. The highest BCUT2D eigenvalue weighted by Gasteiger charge is 1.99. The molecule has 0 aliphatic carbocycles. The first-order chi connectivity index (χ1) is 9.81. The van der Waals surface area contributed by atoms with E-state index in [1.165, 1.54) is 11.9 Å². The molecule has 2 aromatic rings. The van der Waals surface area contributed by atoms with Crippen molar-refractivity contribution >= 4 is 5.82 Å². The largest absolute Gasteiger partial charge is 0.497 e. The molecule has 5 heteroatoms. The molecule has 1 aromatic carbocycles. The fraction of sp³-hybridized carbons (Fsp3) is 0.333. The summed E-state index contributed by atoms with van der Waals surface area (Å²) < 4.78 is 10.5. The van der Waals surface area contributed by atoms with Crippen LogP contribution in [0.2, 0.25) is 0 Å². The third-order valence-electron chi connectivity index (χ3n) is 2.81. The summed E-state index contributed by atoms with van der Waals surface area (Å²) in [5, 5.41) is 3.26. The van der Waals surface area contributed by atoms with Crippen LogP contribution >= 0.6 is 0 Å². The lowest BCUT2D eigenvalue weighted by molar-refractivity contribution is 0.326. The molecule has 0 radical (unpaired) electrons. The number of aromatic nitrogens is 2. The van der Waals surface area contributed by atoms with Crippen molar-refractivity contribution in [2.75, 3.05) is 25.6 Å². The number of anilines is 1. The first kappa shape index (κ1) is 14.1. The summed E-state index contributed by atoms with van der Waals surface area (Å²) in [7, 11) is 1.67. The minimum atomic E-state index is 0.592. The third kappa shape index (κ3) is 4.12. The Morgan fingerprint density at radius 2 is 1.95 bits per heavy atom. The Morgan fingerprint density at radius 3 is 2.65 bits per heavy atom. The highest BCUT2D eigenvalue weighted by Crippen LogP contribution is 2.13. The van der Waals surface area contributed by atoms with Gasteiger partial charge in [0.2, 0.25) is 5.88 Å². The van der Waals surface area contributed by atoms with Crippen molar-refractivity contribution < 1.29 is 9.47 Å². The third-order valence-corrected chi connectivity index (χ3v) is 2.81. The maximum absolute atomic E-state index is 5.33. The van der Waals surface area contributed by atoms with Crippen molar-refractivity contribution in [2.24, 2.45) is 0 Å². The zero-order valence-corrected chi connectivity index (χ0v) is 11.8. The molecule has 2 rings (SSSR count). The van der Waals surface area contributed by atoms with Gasteiger partial charge in [-0.2, -0.15) is 0 Å². The van der Waals surface area contributed by atoms with Gasteiger partial charge in [-0.3, -0.25) is 0 Å². The van der Waals surface area contributed by atoms with Crippen molar-refractivity contribution in [2.45, 2.75) is 13.3 Å². The van der Waals surface area contributed by atoms with E-state index in [1.807, 2.05) is 19.1 Å². The highest BCUT2D eigenvalue weighted by atomic mass is 16.5. The van der Waals surface area contributed by atoms with Crippen LogP contribution in [-0.4, -0.2) is 30.2 Å². The van der Waals surface area contributed by atoms with E-state index in [2.05, 4.69) is 27.4 Å². The molecule has 0 spiro atoms. The summed E-state index contributed by atoms with van der Waals surface area (Å²) in [6.07, 6.45) is 2.42. The average molecular weight is 273 g/mol. The minimum absolute atomic E-state index is 0.592. The first-order valence-electron chi connectivity index (χ1n) is 6.63. The van der Waals surface area contributed by atoms with E-state index in [0.717, 1.165) is 24.5 Å². The highest BCUT2D eigenvalue weighted by molar-refractivity contribution is 5.37. The van der Waals surface area contributed by atoms with E-state index in [-0.39, 0.29) is 0 Å². The zero-order chi connectivity index (χ0) is 14.2. The van der Waals surface area contributed by atoms with Gasteiger partial charge in [-0.15, -0.1) is 0 Å². The van der Waals surface area contributed by atoms with Crippen LogP contribution in [0, 0.1) is 0 Å². The lowest BCUT2D eigenvalue weighted by Gasteiger charge is -2.07. The van der Waals surface area contributed by atoms with Crippen molar-refractivity contribution in [1.29, 1.82) is 0 Å². The van der Waals surface area contributed by atoms with Crippen LogP contribution in [0.4, 0.5) is 5.82 Å². The van der Waals surface area contributed by atoms with Crippen molar-refractivity contribution in [3.8, 4) is 11.6 Å². The molecule has 0 atom stereocenters. The normalized spacial score (nSPS) is 10.1. The second kappa shape index (κ2) is 7.33. The number of rotatable bonds is 7. The maximum atomic E-state index is 5.33. The summed E-state index contributed by atoms with van der Waals surface area (Å²) in [6.45, 7) is 3.33. The average Bonchev–Trinajstić information content (AvgIpc) is 2.49. The summed E-state index contributed by atoms with van der Waals surface area (Å²) in [5.74, 6) is 2.24. The smallest absolute Gasteiger partial charge is 0.218 e. The molecule has 0 unspecified atom stereocenters. The number of ether oxygens (including phenoxy) is 2. The number of methoxy groups -OCH3 is 1. The van der Waals surface area contributed by atoms with Gasteiger partial charge in [0, 0.05) is 12.6 Å². The van der Waals surface area contributed by atoms with Crippen LogP contribution in [-0.2, 0) is 6.42 Å². The topological polar surface area (TPSA) is 56.3 Å². The summed E-state index contributed by atoms with van der Waals surface area (Å²) >= 11 is 0. The first-order valence-corrected chi connectivity index (χ1v) is 6.63. The lowest BCUT2D eigenvalue weighted by atomic mass is 10.1. The minimum Gasteiger partial charge on any atom is -0.497 e. The van der Waals surface area contributed by atoms with Crippen LogP contribution in [0.3, 0.4) is 0 Å². The van der Waals surface area contributed by atoms with Crippen molar-refractivity contribution in [1.82, 2.24) is 9.97 Å². The molecule has 1 heterocycles. The molecule has 0 amide bonds. The molecule has 1 aromatic heterocycles. The van der Waals surface area contributed by atoms with Crippen molar-refractivity contribution in [3.05, 3.63) is 42.2 Å². The van der Waals surface area contributed by atoms with Gasteiger partial charge < -0.3 is 14.8 Å². The Kier molecular flexibility index (Phi) is 5.17. The van der Waals surface area contributed by atoms with Gasteiger partial charge in [0.05, 0.1) is 13.7 Å². The molecule has 1 N–H and O–H groups in total. The number of benzene rings is 1. The molecule has 0 aliphatic rings. The fourth-order valence-electron chi connectivity index (χ4n) is 1.79. The van der Waals surface area contributed by atoms with E-state index in [9.17, 15) is 0 Å². The van der Waals surface area contributed by atoms with Crippen LogP contribution in [0.15, 0.2) is 36.7 Å². The second-order valence-electron chi connectivity index (χ2n) is 4.20. The van der Waals surface area contributed by atoms with Gasteiger partial charge in [0.1, 0.15) is 17.9 Å². The van der Waals surface area contributed by atoms with Gasteiger partial charge >= 0.3 is 0 Å². The zero-order valence-electron chi connectivity index (χ0n) is 11.8. The van der Waals surface area contributed by atoms with Crippen molar-refractivity contribution in [3.63, 3.8) is 0 Å². The molecular formula is C15H19N3O2. The molecule has 5 nitrogen and oxygen atoms in total. The summed E-state index contributed by atoms with van der Waals surface area (Å²) in [6, 6.07) is 9.86. The SMILES string of the molecule is CCOc1cc(NCCc2ccc(OC)cc2)ncn1. The second-order valence-corrected chi connectivity index (χ2v) is 4.20. The van der Waals surface area contributed by atoms with E-state index in [1.54, 1.807) is 13.2 Å². The van der Waals surface area contributed by atoms with Gasteiger partial charge in [-0.05, 0) is 31.0 Å². The van der Waals surface area contributed by atoms with Crippen LogP contribution in [0.1, 0.15) is 12.5 Å². The van der Waals surface area contributed by atoms with Gasteiger partial charge in [-0.25, -0.2) is 9.97 Å². The number of nitrogens with one attached hydrogen (secondary N) is 1. The van der Waals surface area contributed by atoms with Gasteiger partial charge in [-0.1, -0.05) is 12.1 Å². The number of hydrogen-bond acceptors (Lipinski definition) is 5. The molecule has 0 bridgehead atoms. The predicted octanol–water partition coefficient (Wildman–Crippen LogP) is 2.54. The Balaban J connectivity index is 1.84. The molecule has 0 fully saturated rings. The molecule has 0 saturated heterocycles. The molecule has 20 heavy (non-hydrogen) atoms. The summed E-state index contributed by atoms with van der Waals surface area (Å²) in [5.41, 5.74) is 1.25. The van der Waals surface area contributed by atoms with Crippen LogP contribution < -0.4 is 14.8 Å². The van der Waals surface area contributed by atoms with Crippen LogP contribution in [0.5, 0.6) is 11.6 Å². The van der Waals surface area contributed by atoms with Crippen LogP contribution in [0.25, 0.3) is 0 Å². The molecule has 0 aliphatic heterocycles. The summed E-state index contributed by atoms with van der Waals surface area (Å²) in [4.78, 5) is 8.19. The Bertz CT molecular complexity index is 529. The number of nitrogens with zero attached hydrogens (tertiary/aromatic N) is 2. The monoisotopic (exact) mass is 273 g/mol. The molecule has 106 valence electrons. The Morgan fingerprint density at radius 1 is 1.15 bits per heavy atom. The quantitative estimate of drug-likeness (QED) is 0.840. The standard InChI is InChI=1S/C15H19N3O2/c1-3-20-15-10-14(17-11-18-15)16-9-8-12-4-6-13(19-2)7-5-12/h4-7,10-11H,3,8-9H2,1-2H3,(H,16,17,18). The number of hydrogen-bond donors (Lipinski definition) is 1. The van der Waals surface area contributed by atoms with E-state index >= 15 is 0 Å². The lowest BCUT2D eigenvalue weighted by Crippen LogP contribution is -2.07. The molecule has 0 saturated carbocycles. The van der Waals surface area contributed by atoms with E-state index in [4.69, 9.17) is 9.47 Å². The Labute approximate surface area is 119 Å². The predicted molar refractivity (Wildman–Crippen MR) is 78.4 cm³/mol. The van der Waals surface area contributed by atoms with E-state index in [0.29, 0.717) is 12.5 Å². The molecular weight excluding hydrogens is 254 g/mol. The maximum Gasteiger partial charge on any atom is 0.218 e. The van der Waals surface area contributed by atoms with Gasteiger partial charge in [0.15, 0.2) is 0 Å².